The van der Waals surface area contributed by atoms with Crippen LogP contribution in [0, 0.1) is 5.82 Å². The second-order valence-electron chi connectivity index (χ2n) is 8.40. The molecule has 3 amide bonds. The molecule has 4 rings (SSSR count). The number of nitrogens with zero attached hydrogens (tertiary/aromatic N) is 3. The lowest BCUT2D eigenvalue weighted by Gasteiger charge is -2.40. The zero-order valence-corrected chi connectivity index (χ0v) is 20.8. The number of benzene rings is 1. The van der Waals surface area contributed by atoms with Crippen LogP contribution in [-0.4, -0.2) is 77.3 Å². The Kier molecular flexibility index (Phi) is 8.24. The maximum absolute atomic E-state index is 13.7. The lowest BCUT2D eigenvalue weighted by atomic mass is 10.1. The van der Waals surface area contributed by atoms with Gasteiger partial charge in [0.2, 0.25) is 5.91 Å². The Hall–Kier alpha value is -4.12. The summed E-state index contributed by atoms with van der Waals surface area (Å²) in [4.78, 5) is 59.6. The van der Waals surface area contributed by atoms with Gasteiger partial charge in [0.15, 0.2) is 0 Å². The maximum Gasteiger partial charge on any atom is 0.328 e. The van der Waals surface area contributed by atoms with Crippen molar-refractivity contribution in [2.75, 3.05) is 26.7 Å². The van der Waals surface area contributed by atoms with Crippen LogP contribution in [0.4, 0.5) is 4.39 Å². The van der Waals surface area contributed by atoms with Crippen molar-refractivity contribution in [1.29, 1.82) is 0 Å². The summed E-state index contributed by atoms with van der Waals surface area (Å²) < 4.78 is 18.6. The Morgan fingerprint density at radius 1 is 1.14 bits per heavy atom. The third-order valence-electron chi connectivity index (χ3n) is 6.00. The van der Waals surface area contributed by atoms with Gasteiger partial charge < -0.3 is 19.9 Å². The van der Waals surface area contributed by atoms with Crippen molar-refractivity contribution in [3.05, 3.63) is 88.1 Å². The molecule has 9 nitrogen and oxygen atoms in total. The van der Waals surface area contributed by atoms with Gasteiger partial charge in [0.1, 0.15) is 17.9 Å². The molecule has 3 heterocycles. The molecule has 2 aromatic heterocycles. The van der Waals surface area contributed by atoms with Crippen LogP contribution in [0.2, 0.25) is 0 Å². The molecule has 1 saturated heterocycles. The number of thiophene rings is 1. The molecule has 3 aromatic rings. The molecular formula is C26H25FN4O5S. The summed E-state index contributed by atoms with van der Waals surface area (Å²) in [5.74, 6) is -2.63. The van der Waals surface area contributed by atoms with Gasteiger partial charge in [0, 0.05) is 37.5 Å². The Labute approximate surface area is 216 Å². The summed E-state index contributed by atoms with van der Waals surface area (Å²) in [6.45, 7) is 0.118. The van der Waals surface area contributed by atoms with E-state index < -0.39 is 35.7 Å². The highest BCUT2D eigenvalue weighted by Gasteiger charge is 2.39. The summed E-state index contributed by atoms with van der Waals surface area (Å²) in [5.41, 5.74) is 0.845. The number of amides is 3. The topological polar surface area (TPSA) is 109 Å². The first-order chi connectivity index (χ1) is 17.9. The second kappa shape index (κ2) is 11.7. The first-order valence-corrected chi connectivity index (χ1v) is 12.4. The Morgan fingerprint density at radius 2 is 1.97 bits per heavy atom. The summed E-state index contributed by atoms with van der Waals surface area (Å²) >= 11 is 1.24. The van der Waals surface area contributed by atoms with Crippen LogP contribution in [0.15, 0.2) is 66.3 Å². The van der Waals surface area contributed by atoms with Crippen molar-refractivity contribution in [3.8, 4) is 0 Å². The number of esters is 1. The molecule has 37 heavy (non-hydrogen) atoms. The van der Waals surface area contributed by atoms with Crippen LogP contribution < -0.4 is 5.32 Å². The van der Waals surface area contributed by atoms with E-state index in [4.69, 9.17) is 4.74 Å². The van der Waals surface area contributed by atoms with Gasteiger partial charge in [-0.1, -0.05) is 18.2 Å². The van der Waals surface area contributed by atoms with E-state index in [1.165, 1.54) is 46.4 Å². The van der Waals surface area contributed by atoms with E-state index in [0.29, 0.717) is 10.4 Å². The van der Waals surface area contributed by atoms with Crippen LogP contribution in [-0.2, 0) is 20.7 Å². The average molecular weight is 525 g/mol. The van der Waals surface area contributed by atoms with E-state index in [0.717, 1.165) is 6.07 Å². The molecule has 0 radical (unpaired) electrons. The van der Waals surface area contributed by atoms with Crippen LogP contribution in [0.25, 0.3) is 0 Å². The van der Waals surface area contributed by atoms with E-state index in [-0.39, 0.29) is 37.5 Å². The van der Waals surface area contributed by atoms with E-state index in [2.05, 4.69) is 10.3 Å². The molecule has 1 N–H and O–H groups in total. The molecule has 0 aliphatic carbocycles. The van der Waals surface area contributed by atoms with Crippen molar-refractivity contribution in [2.45, 2.75) is 18.5 Å². The quantitative estimate of drug-likeness (QED) is 0.475. The maximum atomic E-state index is 13.7. The number of hydrogen-bond donors (Lipinski definition) is 1. The number of nitrogens with one attached hydrogen (secondary N) is 1. The van der Waals surface area contributed by atoms with Crippen molar-refractivity contribution < 1.29 is 28.3 Å². The molecule has 11 heteroatoms. The average Bonchev–Trinajstić information content (AvgIpc) is 3.47. The molecule has 1 aliphatic heterocycles. The molecule has 1 fully saturated rings. The van der Waals surface area contributed by atoms with E-state index in [1.54, 1.807) is 42.0 Å². The SMILES string of the molecule is COC(=O)C(Cc1cccnc1)NC(=O)C1CN(C(=O)c2cccc(F)c2)CCN1C(=O)c1cccs1. The van der Waals surface area contributed by atoms with Gasteiger partial charge in [-0.05, 0) is 41.3 Å². The second-order valence-corrected chi connectivity index (χ2v) is 9.35. The highest BCUT2D eigenvalue weighted by Crippen LogP contribution is 2.20. The van der Waals surface area contributed by atoms with E-state index >= 15 is 0 Å². The fourth-order valence-electron chi connectivity index (χ4n) is 4.14. The molecule has 1 aliphatic rings. The van der Waals surface area contributed by atoms with Crippen molar-refractivity contribution in [2.24, 2.45) is 0 Å². The fourth-order valence-corrected chi connectivity index (χ4v) is 4.82. The first kappa shape index (κ1) is 26.0. The number of aromatic nitrogens is 1. The first-order valence-electron chi connectivity index (χ1n) is 11.5. The van der Waals surface area contributed by atoms with E-state index in [9.17, 15) is 23.6 Å². The van der Waals surface area contributed by atoms with Gasteiger partial charge in [0.05, 0.1) is 18.5 Å². The Balaban J connectivity index is 1.58. The highest BCUT2D eigenvalue weighted by atomic mass is 32.1. The monoisotopic (exact) mass is 524 g/mol. The standard InChI is InChI=1S/C26H25FN4O5S/c1-36-26(35)20(13-17-5-3-9-28-15-17)29-23(32)21-16-30(24(33)18-6-2-7-19(27)14-18)10-11-31(21)25(34)22-8-4-12-37-22/h2-9,12,14-15,20-21H,10-11,13,16H2,1H3,(H,29,32). The van der Waals surface area contributed by atoms with Crippen LogP contribution in [0.3, 0.4) is 0 Å². The summed E-state index contributed by atoms with van der Waals surface area (Å²) in [6.07, 6.45) is 3.30. The minimum Gasteiger partial charge on any atom is -0.467 e. The normalized spacial score (nSPS) is 16.1. The number of piperazine rings is 1. The predicted molar refractivity (Wildman–Crippen MR) is 133 cm³/mol. The number of methoxy groups -OCH3 is 1. The zero-order chi connectivity index (χ0) is 26.4. The minimum atomic E-state index is -1.08. The largest absolute Gasteiger partial charge is 0.467 e. The Morgan fingerprint density at radius 3 is 2.65 bits per heavy atom. The molecule has 192 valence electrons. The molecular weight excluding hydrogens is 499 g/mol. The molecule has 2 atom stereocenters. The number of carbonyl (C=O) groups excluding carboxylic acids is 4. The van der Waals surface area contributed by atoms with Crippen molar-refractivity contribution in [1.82, 2.24) is 20.1 Å². The van der Waals surface area contributed by atoms with Crippen LogP contribution in [0.1, 0.15) is 25.6 Å². The number of carbonyl (C=O) groups is 4. The minimum absolute atomic E-state index is 0.0847. The number of halogens is 1. The number of hydrogen-bond acceptors (Lipinski definition) is 7. The van der Waals surface area contributed by atoms with Gasteiger partial charge in [-0.15, -0.1) is 11.3 Å². The van der Waals surface area contributed by atoms with Crippen LogP contribution in [0.5, 0.6) is 0 Å². The molecule has 1 aromatic carbocycles. The lowest BCUT2D eigenvalue weighted by molar-refractivity contribution is -0.145. The third kappa shape index (κ3) is 6.18. The lowest BCUT2D eigenvalue weighted by Crippen LogP contribution is -2.63. The summed E-state index contributed by atoms with van der Waals surface area (Å²) in [5, 5.41) is 4.45. The van der Waals surface area contributed by atoms with Crippen LogP contribution >= 0.6 is 11.3 Å². The summed E-state index contributed by atoms with van der Waals surface area (Å²) in [6, 6.07) is 10.0. The third-order valence-corrected chi connectivity index (χ3v) is 6.86. The fraction of sp³-hybridized carbons (Fsp3) is 0.269. The number of ether oxygens (including phenoxy) is 1. The van der Waals surface area contributed by atoms with Gasteiger partial charge in [0.25, 0.3) is 11.8 Å². The van der Waals surface area contributed by atoms with Gasteiger partial charge in [-0.2, -0.15) is 0 Å². The van der Waals surface area contributed by atoms with E-state index in [1.807, 2.05) is 0 Å². The molecule has 2 unspecified atom stereocenters. The van der Waals surface area contributed by atoms with Gasteiger partial charge >= 0.3 is 5.97 Å². The van der Waals surface area contributed by atoms with Gasteiger partial charge in [-0.3, -0.25) is 19.4 Å². The predicted octanol–water partition coefficient (Wildman–Crippen LogP) is 2.15. The summed E-state index contributed by atoms with van der Waals surface area (Å²) in [7, 11) is 1.22. The highest BCUT2D eigenvalue weighted by molar-refractivity contribution is 7.12. The molecule has 0 spiro atoms. The molecule has 0 saturated carbocycles. The van der Waals surface area contributed by atoms with Crippen molar-refractivity contribution >= 4 is 35.0 Å². The number of pyridine rings is 1. The van der Waals surface area contributed by atoms with Gasteiger partial charge in [-0.25, -0.2) is 9.18 Å². The number of rotatable bonds is 7. The molecule has 0 bridgehead atoms. The smallest absolute Gasteiger partial charge is 0.328 e. The van der Waals surface area contributed by atoms with Crippen molar-refractivity contribution in [3.63, 3.8) is 0 Å². The Bertz CT molecular complexity index is 1270. The zero-order valence-electron chi connectivity index (χ0n) is 20.0.